The van der Waals surface area contributed by atoms with Gasteiger partial charge in [-0.15, -0.1) is 0 Å². The molecule has 5 heteroatoms. The molecule has 1 fully saturated rings. The van der Waals surface area contributed by atoms with Gasteiger partial charge in [0.05, 0.1) is 11.8 Å². The molecule has 3 atom stereocenters. The second-order valence-corrected chi connectivity index (χ2v) is 4.67. The second-order valence-electron chi connectivity index (χ2n) is 4.67. The maximum Gasteiger partial charge on any atom is 0.318 e. The zero-order chi connectivity index (χ0) is 13.2. The van der Waals surface area contributed by atoms with Crippen LogP contribution in [0.4, 0.5) is 0 Å². The van der Waals surface area contributed by atoms with Gasteiger partial charge >= 0.3 is 11.9 Å². The highest BCUT2D eigenvalue weighted by Gasteiger charge is 2.54. The van der Waals surface area contributed by atoms with Crippen LogP contribution in [0.25, 0.3) is 0 Å². The van der Waals surface area contributed by atoms with E-state index in [1.807, 2.05) is 13.8 Å². The Balaban J connectivity index is 3.08. The van der Waals surface area contributed by atoms with Crippen LogP contribution in [0.1, 0.15) is 27.2 Å². The van der Waals surface area contributed by atoms with Crippen molar-refractivity contribution in [3.63, 3.8) is 0 Å². The van der Waals surface area contributed by atoms with Gasteiger partial charge in [0.2, 0.25) is 0 Å². The molecule has 0 N–H and O–H groups in total. The first-order valence-corrected chi connectivity index (χ1v) is 5.73. The largest absolute Gasteiger partial charge is 0.393 e. The molecule has 0 aliphatic carbocycles. The average Bonchev–Trinajstić information content (AvgIpc) is 2.54. The van der Waals surface area contributed by atoms with Crippen LogP contribution in [-0.2, 0) is 23.8 Å². The summed E-state index contributed by atoms with van der Waals surface area (Å²) in [6, 6.07) is 0. The lowest BCUT2D eigenvalue weighted by Gasteiger charge is -2.38. The number of esters is 2. The number of carbonyl (C=O) groups excluding carboxylic acids is 2. The van der Waals surface area contributed by atoms with Crippen LogP contribution in [0.2, 0.25) is 0 Å². The molecule has 98 valence electrons. The number of cyclic esters (lactones) is 2. The summed E-state index contributed by atoms with van der Waals surface area (Å²) in [5, 5.41) is 0. The zero-order valence-corrected chi connectivity index (χ0v) is 11.0. The fourth-order valence-electron chi connectivity index (χ4n) is 2.60. The first kappa shape index (κ1) is 14.1. The van der Waals surface area contributed by atoms with Gasteiger partial charge in [0.15, 0.2) is 6.29 Å². The molecule has 0 saturated carbocycles. The molecule has 0 aromatic rings. The molecule has 1 heterocycles. The molecule has 1 aliphatic rings. The Morgan fingerprint density at radius 2 is 1.82 bits per heavy atom. The molecule has 3 unspecified atom stereocenters. The third-order valence-electron chi connectivity index (χ3n) is 3.77. The average molecular weight is 244 g/mol. The molecule has 1 rings (SSSR count). The van der Waals surface area contributed by atoms with E-state index in [9.17, 15) is 9.59 Å². The van der Waals surface area contributed by atoms with Crippen molar-refractivity contribution in [2.24, 2.45) is 17.3 Å². The minimum Gasteiger partial charge on any atom is -0.393 e. The van der Waals surface area contributed by atoms with Gasteiger partial charge in [-0.2, -0.15) is 0 Å². The van der Waals surface area contributed by atoms with Crippen molar-refractivity contribution in [1.82, 2.24) is 0 Å². The van der Waals surface area contributed by atoms with E-state index in [-0.39, 0.29) is 0 Å². The minimum atomic E-state index is -0.577. The molecule has 17 heavy (non-hydrogen) atoms. The van der Waals surface area contributed by atoms with Gasteiger partial charge in [0, 0.05) is 19.6 Å². The van der Waals surface area contributed by atoms with Gasteiger partial charge in [0.25, 0.3) is 0 Å². The van der Waals surface area contributed by atoms with Crippen LogP contribution in [0, 0.1) is 17.3 Å². The minimum absolute atomic E-state index is 0.458. The van der Waals surface area contributed by atoms with E-state index in [1.165, 1.54) is 14.2 Å². The fraction of sp³-hybridized carbons (Fsp3) is 0.833. The van der Waals surface area contributed by atoms with E-state index in [0.717, 1.165) is 0 Å². The van der Waals surface area contributed by atoms with Gasteiger partial charge in [-0.1, -0.05) is 20.8 Å². The summed E-state index contributed by atoms with van der Waals surface area (Å²) in [6.45, 7) is 5.52. The Morgan fingerprint density at radius 1 is 1.29 bits per heavy atom. The highest BCUT2D eigenvalue weighted by Crippen LogP contribution is 2.44. The molecule has 0 bridgehead atoms. The summed E-state index contributed by atoms with van der Waals surface area (Å²) in [7, 11) is 3.05. The number of carbonyl (C=O) groups is 2. The molecule has 0 aromatic heterocycles. The van der Waals surface area contributed by atoms with Crippen LogP contribution in [0.3, 0.4) is 0 Å². The molecule has 5 nitrogen and oxygen atoms in total. The molecule has 0 aromatic carbocycles. The van der Waals surface area contributed by atoms with Gasteiger partial charge < -0.3 is 14.2 Å². The summed E-state index contributed by atoms with van der Waals surface area (Å²) in [6.07, 6.45) is 0.106. The molecular formula is C12H20O5. The molecule has 0 amide bonds. The molecule has 0 spiro atoms. The third kappa shape index (κ3) is 2.21. The Labute approximate surface area is 101 Å². The van der Waals surface area contributed by atoms with Crippen molar-refractivity contribution in [2.45, 2.75) is 33.5 Å². The maximum absolute atomic E-state index is 11.8. The van der Waals surface area contributed by atoms with Gasteiger partial charge in [-0.3, -0.25) is 9.59 Å². The number of hydrogen-bond donors (Lipinski definition) is 0. The monoisotopic (exact) mass is 244 g/mol. The van der Waals surface area contributed by atoms with Crippen LogP contribution in [-0.4, -0.2) is 32.4 Å². The van der Waals surface area contributed by atoms with E-state index < -0.39 is 35.5 Å². The zero-order valence-electron chi connectivity index (χ0n) is 11.0. The fourth-order valence-corrected chi connectivity index (χ4v) is 2.60. The smallest absolute Gasteiger partial charge is 0.318 e. The van der Waals surface area contributed by atoms with Crippen molar-refractivity contribution < 1.29 is 23.8 Å². The number of hydrogen-bond acceptors (Lipinski definition) is 5. The first-order valence-electron chi connectivity index (χ1n) is 5.73. The van der Waals surface area contributed by atoms with E-state index in [0.29, 0.717) is 6.42 Å². The van der Waals surface area contributed by atoms with Crippen LogP contribution < -0.4 is 0 Å². The highest BCUT2D eigenvalue weighted by molar-refractivity contribution is 5.96. The maximum atomic E-state index is 11.8. The molecule has 1 aliphatic heterocycles. The van der Waals surface area contributed by atoms with Gasteiger partial charge in [-0.05, 0) is 6.42 Å². The lowest BCUT2D eigenvalue weighted by molar-refractivity contribution is -0.198. The summed E-state index contributed by atoms with van der Waals surface area (Å²) in [5.41, 5.74) is -0.577. The van der Waals surface area contributed by atoms with Gasteiger partial charge in [0.1, 0.15) is 0 Å². The van der Waals surface area contributed by atoms with E-state index in [2.05, 4.69) is 4.74 Å². The lowest BCUT2D eigenvalue weighted by Crippen LogP contribution is -2.45. The normalized spacial score (nSPS) is 28.4. The van der Waals surface area contributed by atoms with Crippen molar-refractivity contribution in [2.75, 3.05) is 14.2 Å². The standard InChI is InChI=1S/C12H20O5/c1-6-12(3,11(15-4)16-5)8-7(2)9(13)17-10(8)14/h7-8,11H,6H2,1-5H3. The SMILES string of the molecule is CCC(C)(C(OC)OC)C1C(=O)OC(=O)C1C. The number of methoxy groups -OCH3 is 2. The molecule has 0 radical (unpaired) electrons. The summed E-state index contributed by atoms with van der Waals surface area (Å²) in [5.74, 6) is -1.93. The predicted molar refractivity (Wildman–Crippen MR) is 60.0 cm³/mol. The first-order chi connectivity index (χ1) is 7.92. The Kier molecular flexibility index (Phi) is 4.27. The van der Waals surface area contributed by atoms with E-state index >= 15 is 0 Å². The van der Waals surface area contributed by atoms with Crippen LogP contribution in [0.15, 0.2) is 0 Å². The van der Waals surface area contributed by atoms with E-state index in [1.54, 1.807) is 6.92 Å². The van der Waals surface area contributed by atoms with Crippen LogP contribution in [0.5, 0.6) is 0 Å². The van der Waals surface area contributed by atoms with Crippen molar-refractivity contribution in [3.8, 4) is 0 Å². The predicted octanol–water partition coefficient (Wildman–Crippen LogP) is 1.36. The topological polar surface area (TPSA) is 61.8 Å². The third-order valence-corrected chi connectivity index (χ3v) is 3.77. The summed E-state index contributed by atoms with van der Waals surface area (Å²) < 4.78 is 15.2. The van der Waals surface area contributed by atoms with Gasteiger partial charge in [-0.25, -0.2) is 0 Å². The Bertz CT molecular complexity index is 310. The van der Waals surface area contributed by atoms with Crippen LogP contribution >= 0.6 is 0 Å². The Morgan fingerprint density at radius 3 is 2.12 bits per heavy atom. The van der Waals surface area contributed by atoms with Crippen molar-refractivity contribution >= 4 is 11.9 Å². The van der Waals surface area contributed by atoms with E-state index in [4.69, 9.17) is 9.47 Å². The second kappa shape index (κ2) is 5.14. The Hall–Kier alpha value is -0.940. The van der Waals surface area contributed by atoms with Crippen molar-refractivity contribution in [1.29, 1.82) is 0 Å². The quantitative estimate of drug-likeness (QED) is 0.415. The number of rotatable bonds is 5. The van der Waals surface area contributed by atoms with Crippen molar-refractivity contribution in [3.05, 3.63) is 0 Å². The number of ether oxygens (including phenoxy) is 3. The summed E-state index contributed by atoms with van der Waals surface area (Å²) in [4.78, 5) is 23.2. The summed E-state index contributed by atoms with van der Waals surface area (Å²) >= 11 is 0. The highest BCUT2D eigenvalue weighted by atomic mass is 16.7. The molecule has 1 saturated heterocycles. The molecular weight excluding hydrogens is 224 g/mol. The lowest BCUT2D eigenvalue weighted by atomic mass is 9.69.